The van der Waals surface area contributed by atoms with Gasteiger partial charge < -0.3 is 20.2 Å². The number of carbonyl (C=O) groups is 1. The van der Waals surface area contributed by atoms with E-state index in [0.29, 0.717) is 23.9 Å². The average Bonchev–Trinajstić information content (AvgIpc) is 2.63. The Hall–Kier alpha value is -2.67. The summed E-state index contributed by atoms with van der Waals surface area (Å²) in [5.74, 6) is 0.397. The number of hydrogen-bond acceptors (Lipinski definition) is 4. The SMILES string of the molecule is O=C(NC[C@H]1[C@@H]2CNC[C@@H](C2)c2cccc(=O)n21)c1ccc(=O)[nH]c1. The van der Waals surface area contributed by atoms with Crippen LogP contribution in [0.5, 0.6) is 0 Å². The molecule has 1 saturated heterocycles. The fourth-order valence-electron chi connectivity index (χ4n) is 4.02. The molecule has 0 aliphatic carbocycles. The molecular weight excluding hydrogens is 320 g/mol. The van der Waals surface area contributed by atoms with Gasteiger partial charge in [0.2, 0.25) is 5.56 Å². The fraction of sp³-hybridized carbons (Fsp3) is 0.389. The molecule has 0 spiro atoms. The number of piperidine rings is 1. The van der Waals surface area contributed by atoms with Crippen LogP contribution in [0.4, 0.5) is 0 Å². The van der Waals surface area contributed by atoms with Crippen molar-refractivity contribution < 1.29 is 4.79 Å². The summed E-state index contributed by atoms with van der Waals surface area (Å²) >= 11 is 0. The number of H-pyrrole nitrogens is 1. The second kappa shape index (κ2) is 6.33. The lowest BCUT2D eigenvalue weighted by Gasteiger charge is -2.43. The number of rotatable bonds is 3. The van der Waals surface area contributed by atoms with Crippen LogP contribution in [0.25, 0.3) is 0 Å². The van der Waals surface area contributed by atoms with E-state index in [9.17, 15) is 14.4 Å². The number of nitrogens with one attached hydrogen (secondary N) is 3. The number of amides is 1. The van der Waals surface area contributed by atoms with E-state index >= 15 is 0 Å². The molecule has 7 nitrogen and oxygen atoms in total. The van der Waals surface area contributed by atoms with Gasteiger partial charge in [-0.05, 0) is 24.5 Å². The zero-order valence-corrected chi connectivity index (χ0v) is 13.7. The summed E-state index contributed by atoms with van der Waals surface area (Å²) in [6.45, 7) is 2.11. The van der Waals surface area contributed by atoms with Crippen molar-refractivity contribution >= 4 is 5.91 Å². The number of pyridine rings is 2. The summed E-state index contributed by atoms with van der Waals surface area (Å²) < 4.78 is 1.85. The number of carbonyl (C=O) groups excluding carboxylic acids is 1. The van der Waals surface area contributed by atoms with Gasteiger partial charge in [0.1, 0.15) is 0 Å². The Bertz CT molecular complexity index is 897. The van der Waals surface area contributed by atoms with E-state index in [-0.39, 0.29) is 23.1 Å². The van der Waals surface area contributed by atoms with Gasteiger partial charge in [-0.1, -0.05) is 6.07 Å². The van der Waals surface area contributed by atoms with Crippen molar-refractivity contribution in [3.63, 3.8) is 0 Å². The molecule has 1 amide bonds. The molecule has 2 aromatic rings. The minimum Gasteiger partial charge on any atom is -0.350 e. The number of fused-ring (bicyclic) bond motifs is 4. The molecule has 0 aromatic carbocycles. The first-order chi connectivity index (χ1) is 12.1. The molecule has 3 atom stereocenters. The van der Waals surface area contributed by atoms with E-state index in [2.05, 4.69) is 15.6 Å². The highest BCUT2D eigenvalue weighted by molar-refractivity contribution is 5.93. The number of hydrogen-bond donors (Lipinski definition) is 3. The third kappa shape index (κ3) is 2.91. The van der Waals surface area contributed by atoms with Gasteiger partial charge in [-0.2, -0.15) is 0 Å². The Labute approximate surface area is 144 Å². The Kier molecular flexibility index (Phi) is 4.01. The van der Waals surface area contributed by atoms with Gasteiger partial charge in [-0.3, -0.25) is 14.4 Å². The lowest BCUT2D eigenvalue weighted by Crippen LogP contribution is -2.50. The van der Waals surface area contributed by atoms with E-state index in [0.717, 1.165) is 25.2 Å². The fourth-order valence-corrected chi connectivity index (χ4v) is 4.02. The third-order valence-electron chi connectivity index (χ3n) is 5.22. The molecule has 2 aliphatic heterocycles. The lowest BCUT2D eigenvalue weighted by molar-refractivity contribution is 0.0932. The van der Waals surface area contributed by atoms with E-state index in [1.807, 2.05) is 10.6 Å². The number of aromatic nitrogens is 2. The molecule has 25 heavy (non-hydrogen) atoms. The van der Waals surface area contributed by atoms with Crippen molar-refractivity contribution in [2.45, 2.75) is 18.4 Å². The molecule has 3 N–H and O–H groups in total. The van der Waals surface area contributed by atoms with E-state index in [1.54, 1.807) is 12.1 Å². The molecule has 130 valence electrons. The molecule has 0 radical (unpaired) electrons. The predicted octanol–water partition coefficient (Wildman–Crippen LogP) is 0.214. The molecule has 7 heteroatoms. The summed E-state index contributed by atoms with van der Waals surface area (Å²) in [6.07, 6.45) is 2.42. The quantitative estimate of drug-likeness (QED) is 0.744. The van der Waals surface area contributed by atoms with Gasteiger partial charge in [-0.25, -0.2) is 0 Å². The standard InChI is InChI=1S/C18H20N4O3/c23-16-5-4-11(9-20-16)18(25)21-10-15-13-6-12(7-19-8-13)14-2-1-3-17(24)22(14)15/h1-5,9,12-13,15,19H,6-8,10H2,(H,20,23)(H,21,25)/t12-,13+,15+/m1/s1. The Balaban J connectivity index is 1.58. The lowest BCUT2D eigenvalue weighted by atomic mass is 9.79. The zero-order valence-electron chi connectivity index (χ0n) is 13.7. The molecule has 2 aromatic heterocycles. The highest BCUT2D eigenvalue weighted by Gasteiger charge is 2.37. The van der Waals surface area contributed by atoms with Crippen LogP contribution in [0.2, 0.25) is 0 Å². The van der Waals surface area contributed by atoms with E-state index in [4.69, 9.17) is 0 Å². The average molecular weight is 340 g/mol. The summed E-state index contributed by atoms with van der Waals surface area (Å²) in [4.78, 5) is 38.4. The molecule has 0 saturated carbocycles. The molecule has 4 heterocycles. The number of aromatic amines is 1. The Morgan fingerprint density at radius 1 is 1.20 bits per heavy atom. The predicted molar refractivity (Wildman–Crippen MR) is 92.9 cm³/mol. The van der Waals surface area contributed by atoms with Crippen molar-refractivity contribution in [3.05, 3.63) is 68.5 Å². The minimum atomic E-state index is -0.257. The second-order valence-electron chi connectivity index (χ2n) is 6.73. The summed E-state index contributed by atoms with van der Waals surface area (Å²) in [5.41, 5.74) is 1.18. The van der Waals surface area contributed by atoms with Crippen LogP contribution in [0.3, 0.4) is 0 Å². The van der Waals surface area contributed by atoms with Gasteiger partial charge >= 0.3 is 0 Å². The maximum absolute atomic E-state index is 12.4. The van der Waals surface area contributed by atoms with Gasteiger partial charge in [0, 0.05) is 49.6 Å². The van der Waals surface area contributed by atoms with Gasteiger partial charge in [0.15, 0.2) is 0 Å². The maximum atomic E-state index is 12.4. The highest BCUT2D eigenvalue weighted by Crippen LogP contribution is 2.38. The van der Waals surface area contributed by atoms with Crippen LogP contribution in [0.1, 0.15) is 34.4 Å². The minimum absolute atomic E-state index is 0.0163. The van der Waals surface area contributed by atoms with E-state index in [1.165, 1.54) is 18.3 Å². The molecule has 2 bridgehead atoms. The van der Waals surface area contributed by atoms with Crippen molar-refractivity contribution in [2.24, 2.45) is 5.92 Å². The summed E-state index contributed by atoms with van der Waals surface area (Å²) in [7, 11) is 0. The van der Waals surface area contributed by atoms with Gasteiger partial charge in [-0.15, -0.1) is 0 Å². The van der Waals surface area contributed by atoms with Crippen molar-refractivity contribution in [3.8, 4) is 0 Å². The van der Waals surface area contributed by atoms with Gasteiger partial charge in [0.25, 0.3) is 11.5 Å². The number of nitrogens with zero attached hydrogens (tertiary/aromatic N) is 1. The van der Waals surface area contributed by atoms with Crippen LogP contribution in [-0.4, -0.2) is 35.1 Å². The highest BCUT2D eigenvalue weighted by atomic mass is 16.2. The van der Waals surface area contributed by atoms with Crippen LogP contribution in [0.15, 0.2) is 46.1 Å². The largest absolute Gasteiger partial charge is 0.350 e. The Morgan fingerprint density at radius 3 is 2.88 bits per heavy atom. The summed E-state index contributed by atoms with van der Waals surface area (Å²) in [5, 5.41) is 6.35. The maximum Gasteiger partial charge on any atom is 0.252 e. The zero-order chi connectivity index (χ0) is 17.4. The van der Waals surface area contributed by atoms with Crippen LogP contribution in [0, 0.1) is 5.92 Å². The summed E-state index contributed by atoms with van der Waals surface area (Å²) in [6, 6.07) is 8.14. The van der Waals surface area contributed by atoms with Crippen molar-refractivity contribution in [1.29, 1.82) is 0 Å². The topological polar surface area (TPSA) is 96.0 Å². The monoisotopic (exact) mass is 340 g/mol. The molecule has 2 aliphatic rings. The van der Waals surface area contributed by atoms with Crippen molar-refractivity contribution in [1.82, 2.24) is 20.2 Å². The molecule has 4 rings (SSSR count). The molecular formula is C18H20N4O3. The van der Waals surface area contributed by atoms with E-state index < -0.39 is 0 Å². The van der Waals surface area contributed by atoms with Crippen LogP contribution >= 0.6 is 0 Å². The first kappa shape index (κ1) is 15.8. The first-order valence-electron chi connectivity index (χ1n) is 8.52. The van der Waals surface area contributed by atoms with Crippen LogP contribution < -0.4 is 21.8 Å². The first-order valence-corrected chi connectivity index (χ1v) is 8.52. The third-order valence-corrected chi connectivity index (χ3v) is 5.22. The normalized spacial score (nSPS) is 24.4. The van der Waals surface area contributed by atoms with Crippen LogP contribution in [-0.2, 0) is 0 Å². The smallest absolute Gasteiger partial charge is 0.252 e. The second-order valence-corrected chi connectivity index (χ2v) is 6.73. The van der Waals surface area contributed by atoms with Gasteiger partial charge in [0.05, 0.1) is 11.6 Å². The van der Waals surface area contributed by atoms with Crippen molar-refractivity contribution in [2.75, 3.05) is 19.6 Å². The molecule has 0 unspecified atom stereocenters. The molecule has 1 fully saturated rings. The Morgan fingerprint density at radius 2 is 2.08 bits per heavy atom.